The summed E-state index contributed by atoms with van der Waals surface area (Å²) in [6, 6.07) is 13.9. The molecule has 1 unspecified atom stereocenters. The smallest absolute Gasteiger partial charge is 0.123 e. The van der Waals surface area contributed by atoms with Crippen LogP contribution in [0.25, 0.3) is 0 Å². The van der Waals surface area contributed by atoms with Gasteiger partial charge in [0.1, 0.15) is 11.6 Å². The van der Waals surface area contributed by atoms with Gasteiger partial charge in [0.05, 0.1) is 0 Å². The maximum absolute atomic E-state index is 13.5. The van der Waals surface area contributed by atoms with Crippen LogP contribution >= 0.6 is 0 Å². The summed E-state index contributed by atoms with van der Waals surface area (Å²) in [5, 5.41) is 9.40. The van der Waals surface area contributed by atoms with E-state index in [-0.39, 0.29) is 22.9 Å². The largest absolute Gasteiger partial charge is 0.508 e. The van der Waals surface area contributed by atoms with E-state index in [9.17, 15) is 9.50 Å². The molecule has 1 N–H and O–H groups in total. The Balaban J connectivity index is 2.51. The molecule has 0 bridgehead atoms. The van der Waals surface area contributed by atoms with Gasteiger partial charge in [0.15, 0.2) is 0 Å². The average molecular weight is 258 g/mol. The monoisotopic (exact) mass is 258 g/mol. The molecular formula is C17H19FO. The van der Waals surface area contributed by atoms with Crippen molar-refractivity contribution in [2.75, 3.05) is 0 Å². The van der Waals surface area contributed by atoms with Gasteiger partial charge in [-0.3, -0.25) is 0 Å². The second-order valence-electron chi connectivity index (χ2n) is 5.95. The van der Waals surface area contributed by atoms with Crippen molar-refractivity contribution >= 4 is 0 Å². The number of aromatic hydroxyl groups is 1. The summed E-state index contributed by atoms with van der Waals surface area (Å²) < 4.78 is 13.5. The van der Waals surface area contributed by atoms with Gasteiger partial charge in [0.2, 0.25) is 0 Å². The zero-order valence-corrected chi connectivity index (χ0v) is 11.5. The lowest BCUT2D eigenvalue weighted by atomic mass is 9.72. The Morgan fingerprint density at radius 1 is 0.947 bits per heavy atom. The van der Waals surface area contributed by atoms with Crippen molar-refractivity contribution in [3.63, 3.8) is 0 Å². The summed E-state index contributed by atoms with van der Waals surface area (Å²) in [6.07, 6.45) is 0. The number of hydrogen-bond acceptors (Lipinski definition) is 1. The predicted molar refractivity (Wildman–Crippen MR) is 75.8 cm³/mol. The van der Waals surface area contributed by atoms with Crippen LogP contribution in [0.1, 0.15) is 37.8 Å². The number of phenols is 1. The number of benzene rings is 2. The third-order valence-corrected chi connectivity index (χ3v) is 3.27. The lowest BCUT2D eigenvalue weighted by Crippen LogP contribution is -2.19. The van der Waals surface area contributed by atoms with Crippen molar-refractivity contribution in [3.05, 3.63) is 65.5 Å². The molecule has 0 amide bonds. The highest BCUT2D eigenvalue weighted by molar-refractivity contribution is 5.37. The molecular weight excluding hydrogens is 239 g/mol. The fraction of sp³-hybridized carbons (Fsp3) is 0.294. The van der Waals surface area contributed by atoms with Crippen LogP contribution in [0.5, 0.6) is 5.75 Å². The molecule has 2 aromatic carbocycles. The van der Waals surface area contributed by atoms with Gasteiger partial charge in [0.25, 0.3) is 0 Å². The van der Waals surface area contributed by atoms with Crippen LogP contribution in [0.4, 0.5) is 4.39 Å². The van der Waals surface area contributed by atoms with E-state index in [1.165, 1.54) is 6.07 Å². The Labute approximate surface area is 113 Å². The maximum Gasteiger partial charge on any atom is 0.123 e. The number of halogens is 1. The molecule has 2 heteroatoms. The molecule has 2 aromatic rings. The highest BCUT2D eigenvalue weighted by Gasteiger charge is 2.28. The Bertz CT molecular complexity index is 552. The molecule has 2 rings (SSSR count). The normalized spacial score (nSPS) is 13.3. The molecule has 1 atom stereocenters. The van der Waals surface area contributed by atoms with E-state index in [4.69, 9.17) is 0 Å². The van der Waals surface area contributed by atoms with Gasteiger partial charge in [-0.25, -0.2) is 4.39 Å². The quantitative estimate of drug-likeness (QED) is 0.827. The molecule has 0 aromatic heterocycles. The summed E-state index contributed by atoms with van der Waals surface area (Å²) in [5.74, 6) is 0.116. The van der Waals surface area contributed by atoms with Crippen molar-refractivity contribution < 1.29 is 9.50 Å². The predicted octanol–water partition coefficient (Wildman–Crippen LogP) is 4.71. The molecule has 0 spiro atoms. The fourth-order valence-corrected chi connectivity index (χ4v) is 2.55. The topological polar surface area (TPSA) is 20.2 Å². The third kappa shape index (κ3) is 3.14. The molecule has 1 nitrogen and oxygen atoms in total. The van der Waals surface area contributed by atoms with E-state index in [0.29, 0.717) is 0 Å². The van der Waals surface area contributed by atoms with Gasteiger partial charge in [0, 0.05) is 5.92 Å². The highest BCUT2D eigenvalue weighted by atomic mass is 19.1. The van der Waals surface area contributed by atoms with Crippen molar-refractivity contribution in [2.45, 2.75) is 26.7 Å². The molecule has 0 heterocycles. The highest BCUT2D eigenvalue weighted by Crippen LogP contribution is 2.40. The van der Waals surface area contributed by atoms with E-state index in [1.807, 2.05) is 18.2 Å². The fourth-order valence-electron chi connectivity index (χ4n) is 2.55. The van der Waals surface area contributed by atoms with E-state index in [2.05, 4.69) is 20.8 Å². The van der Waals surface area contributed by atoms with Gasteiger partial charge in [-0.15, -0.1) is 0 Å². The summed E-state index contributed by atoms with van der Waals surface area (Å²) in [6.45, 7) is 6.40. The molecule has 0 aliphatic rings. The molecule has 100 valence electrons. The Hall–Kier alpha value is -1.83. The zero-order valence-electron chi connectivity index (χ0n) is 11.5. The Morgan fingerprint density at radius 2 is 1.58 bits per heavy atom. The van der Waals surface area contributed by atoms with Crippen molar-refractivity contribution in [1.82, 2.24) is 0 Å². The lowest BCUT2D eigenvalue weighted by molar-refractivity contribution is 0.357. The first kappa shape index (κ1) is 13.6. The molecule has 0 saturated carbocycles. The van der Waals surface area contributed by atoms with Gasteiger partial charge in [-0.05, 0) is 40.8 Å². The first-order chi connectivity index (χ1) is 8.88. The van der Waals surface area contributed by atoms with Gasteiger partial charge < -0.3 is 5.11 Å². The Morgan fingerprint density at radius 3 is 2.11 bits per heavy atom. The lowest BCUT2D eigenvalue weighted by Gasteiger charge is -2.31. The second-order valence-corrected chi connectivity index (χ2v) is 5.95. The van der Waals surface area contributed by atoms with E-state index < -0.39 is 0 Å². The minimum atomic E-state index is -0.217. The summed E-state index contributed by atoms with van der Waals surface area (Å²) >= 11 is 0. The van der Waals surface area contributed by atoms with E-state index in [0.717, 1.165) is 11.1 Å². The number of phenolic OH excluding ortho intramolecular Hbond substituents is 1. The van der Waals surface area contributed by atoms with Crippen LogP contribution in [0.3, 0.4) is 0 Å². The van der Waals surface area contributed by atoms with Crippen LogP contribution < -0.4 is 0 Å². The maximum atomic E-state index is 13.5. The van der Waals surface area contributed by atoms with Crippen molar-refractivity contribution in [3.8, 4) is 5.75 Å². The van der Waals surface area contributed by atoms with Gasteiger partial charge in [-0.1, -0.05) is 45.0 Å². The minimum absolute atomic E-state index is 0.0369. The second kappa shape index (κ2) is 5.04. The minimum Gasteiger partial charge on any atom is -0.508 e. The van der Waals surface area contributed by atoms with Crippen LogP contribution in [-0.4, -0.2) is 5.11 Å². The average Bonchev–Trinajstić information content (AvgIpc) is 2.30. The standard InChI is InChI=1S/C17H19FO/c1-17(2,3)16(12-7-9-15(19)10-8-12)13-5-4-6-14(18)11-13/h4-11,16,19H,1-3H3. The van der Waals surface area contributed by atoms with Crippen molar-refractivity contribution in [2.24, 2.45) is 5.41 Å². The van der Waals surface area contributed by atoms with Crippen LogP contribution in [0.2, 0.25) is 0 Å². The van der Waals surface area contributed by atoms with Crippen LogP contribution in [0, 0.1) is 11.2 Å². The number of hydrogen-bond donors (Lipinski definition) is 1. The molecule has 0 radical (unpaired) electrons. The Kier molecular flexibility index (Phi) is 3.61. The molecule has 0 aliphatic heterocycles. The van der Waals surface area contributed by atoms with Gasteiger partial charge >= 0.3 is 0 Å². The van der Waals surface area contributed by atoms with Crippen LogP contribution in [0.15, 0.2) is 48.5 Å². The first-order valence-electron chi connectivity index (χ1n) is 6.42. The summed E-state index contributed by atoms with van der Waals surface area (Å²) in [7, 11) is 0. The molecule has 19 heavy (non-hydrogen) atoms. The van der Waals surface area contributed by atoms with E-state index in [1.54, 1.807) is 24.3 Å². The molecule has 0 aliphatic carbocycles. The zero-order chi connectivity index (χ0) is 14.0. The van der Waals surface area contributed by atoms with Crippen molar-refractivity contribution in [1.29, 1.82) is 0 Å². The van der Waals surface area contributed by atoms with Gasteiger partial charge in [-0.2, -0.15) is 0 Å². The third-order valence-electron chi connectivity index (χ3n) is 3.27. The van der Waals surface area contributed by atoms with E-state index >= 15 is 0 Å². The number of rotatable bonds is 2. The molecule has 0 saturated heterocycles. The summed E-state index contributed by atoms with van der Waals surface area (Å²) in [4.78, 5) is 0. The first-order valence-corrected chi connectivity index (χ1v) is 6.42. The SMILES string of the molecule is CC(C)(C)C(c1ccc(O)cc1)c1cccc(F)c1. The summed E-state index contributed by atoms with van der Waals surface area (Å²) in [5.41, 5.74) is 2.00. The van der Waals surface area contributed by atoms with Crippen LogP contribution in [-0.2, 0) is 0 Å². The molecule has 0 fully saturated rings.